The first-order valence-electron chi connectivity index (χ1n) is 11.3. The zero-order chi connectivity index (χ0) is 23.5. The Kier molecular flexibility index (Phi) is 4.43. The van der Waals surface area contributed by atoms with Gasteiger partial charge in [-0.05, 0) is 43.5 Å². The lowest BCUT2D eigenvalue weighted by molar-refractivity contribution is -0.0738. The van der Waals surface area contributed by atoms with Gasteiger partial charge in [0, 0.05) is 16.7 Å². The molecule has 0 amide bonds. The Bertz CT molecular complexity index is 1440. The van der Waals surface area contributed by atoms with Crippen LogP contribution in [-0.2, 0) is 12.3 Å². The van der Waals surface area contributed by atoms with Crippen LogP contribution < -0.4 is 10.5 Å². The van der Waals surface area contributed by atoms with Crippen molar-refractivity contribution < 1.29 is 9.84 Å². The van der Waals surface area contributed by atoms with E-state index in [1.165, 1.54) is 0 Å². The van der Waals surface area contributed by atoms with Crippen LogP contribution in [0.4, 0.5) is 0 Å². The number of aliphatic hydroxyl groups is 1. The van der Waals surface area contributed by atoms with E-state index in [2.05, 4.69) is 22.8 Å². The summed E-state index contributed by atoms with van der Waals surface area (Å²) in [6.07, 6.45) is 1.09. The summed E-state index contributed by atoms with van der Waals surface area (Å²) < 4.78 is 8.10. The molecular formula is C28H24N4O2. The average Bonchev–Trinajstić information content (AvgIpc) is 3.23. The van der Waals surface area contributed by atoms with Crippen molar-refractivity contribution in [3.63, 3.8) is 0 Å². The van der Waals surface area contributed by atoms with Gasteiger partial charge in [0.1, 0.15) is 11.6 Å². The van der Waals surface area contributed by atoms with Crippen LogP contribution in [-0.4, -0.2) is 20.3 Å². The smallest absolute Gasteiger partial charge is 0.167 e. The van der Waals surface area contributed by atoms with Crippen molar-refractivity contribution in [1.82, 2.24) is 9.55 Å². The molecule has 6 nitrogen and oxygen atoms in total. The molecular weight excluding hydrogens is 424 g/mol. The number of nitrogens with two attached hydrogens (primary N) is 1. The lowest BCUT2D eigenvalue weighted by Gasteiger charge is -2.49. The van der Waals surface area contributed by atoms with Gasteiger partial charge >= 0.3 is 0 Å². The van der Waals surface area contributed by atoms with Crippen molar-refractivity contribution in [1.29, 1.82) is 5.26 Å². The third-order valence-electron chi connectivity index (χ3n) is 6.84. The highest BCUT2D eigenvalue weighted by molar-refractivity contribution is 5.84. The van der Waals surface area contributed by atoms with Gasteiger partial charge in [0.15, 0.2) is 6.73 Å². The second-order valence-corrected chi connectivity index (χ2v) is 9.61. The largest absolute Gasteiger partial charge is 0.472 e. The standard InChI is InChI=1S/C28H24N4O2/c1-27(33)15-28(30,16-27)21-10-8-19(9-11-21)24-25(20-5-3-2-4-6-20)32-17-34-23-12-7-18(14-29)13-22(23)26(32)31-24/h2-13,33H,15-17,30H2,1H3/t27-,28-. The Labute approximate surface area is 197 Å². The molecule has 6 rings (SSSR count). The predicted octanol–water partition coefficient (Wildman–Crippen LogP) is 4.80. The van der Waals surface area contributed by atoms with E-state index in [-0.39, 0.29) is 0 Å². The summed E-state index contributed by atoms with van der Waals surface area (Å²) in [7, 11) is 0. The Morgan fingerprint density at radius 2 is 1.76 bits per heavy atom. The van der Waals surface area contributed by atoms with Crippen LogP contribution >= 0.6 is 0 Å². The van der Waals surface area contributed by atoms with Crippen molar-refractivity contribution in [3.05, 3.63) is 83.9 Å². The second kappa shape index (κ2) is 7.29. The van der Waals surface area contributed by atoms with Crippen LogP contribution in [0.3, 0.4) is 0 Å². The highest BCUT2D eigenvalue weighted by Crippen LogP contribution is 2.47. The summed E-state index contributed by atoms with van der Waals surface area (Å²) in [5, 5.41) is 19.6. The fourth-order valence-corrected chi connectivity index (χ4v) is 5.38. The Hall–Kier alpha value is -3.92. The molecule has 3 N–H and O–H groups in total. The quantitative estimate of drug-likeness (QED) is 0.469. The van der Waals surface area contributed by atoms with Gasteiger partial charge in [-0.3, -0.25) is 4.57 Å². The number of nitriles is 1. The molecule has 0 radical (unpaired) electrons. The number of aromatic nitrogens is 2. The molecule has 1 fully saturated rings. The number of fused-ring (bicyclic) bond motifs is 3. The van der Waals surface area contributed by atoms with Gasteiger partial charge in [0.25, 0.3) is 0 Å². The zero-order valence-electron chi connectivity index (χ0n) is 18.8. The lowest BCUT2D eigenvalue weighted by Crippen LogP contribution is -2.58. The zero-order valence-corrected chi connectivity index (χ0v) is 18.8. The summed E-state index contributed by atoms with van der Waals surface area (Å²) >= 11 is 0. The summed E-state index contributed by atoms with van der Waals surface area (Å²) in [4.78, 5) is 5.07. The Balaban J connectivity index is 1.49. The van der Waals surface area contributed by atoms with Gasteiger partial charge in [-0.2, -0.15) is 5.26 Å². The normalized spacial score (nSPS) is 22.6. The molecule has 34 heavy (non-hydrogen) atoms. The summed E-state index contributed by atoms with van der Waals surface area (Å²) in [6.45, 7) is 2.16. The third-order valence-corrected chi connectivity index (χ3v) is 6.84. The fourth-order valence-electron chi connectivity index (χ4n) is 5.38. The van der Waals surface area contributed by atoms with E-state index < -0.39 is 11.1 Å². The molecule has 3 aromatic carbocycles. The number of rotatable bonds is 3. The van der Waals surface area contributed by atoms with Crippen LogP contribution in [0.1, 0.15) is 30.9 Å². The lowest BCUT2D eigenvalue weighted by atomic mass is 9.63. The summed E-state index contributed by atoms with van der Waals surface area (Å²) in [6, 6.07) is 25.9. The highest BCUT2D eigenvalue weighted by atomic mass is 16.5. The van der Waals surface area contributed by atoms with Crippen molar-refractivity contribution in [2.75, 3.05) is 0 Å². The maximum absolute atomic E-state index is 10.2. The van der Waals surface area contributed by atoms with Gasteiger partial charge in [0.2, 0.25) is 0 Å². The number of nitrogens with zero attached hydrogens (tertiary/aromatic N) is 3. The van der Waals surface area contributed by atoms with Crippen LogP contribution in [0.2, 0.25) is 0 Å². The van der Waals surface area contributed by atoms with E-state index in [4.69, 9.17) is 15.5 Å². The Morgan fingerprint density at radius 1 is 1.03 bits per heavy atom. The fraction of sp³-hybridized carbons (Fsp3) is 0.214. The van der Waals surface area contributed by atoms with E-state index in [0.717, 1.165) is 45.2 Å². The minimum Gasteiger partial charge on any atom is -0.472 e. The number of hydrogen-bond donors (Lipinski definition) is 2. The van der Waals surface area contributed by atoms with Crippen LogP contribution in [0.5, 0.6) is 5.75 Å². The molecule has 0 unspecified atom stereocenters. The third kappa shape index (κ3) is 3.21. The van der Waals surface area contributed by atoms with E-state index >= 15 is 0 Å². The van der Waals surface area contributed by atoms with Crippen molar-refractivity contribution >= 4 is 0 Å². The number of ether oxygens (including phenoxy) is 1. The number of benzene rings is 3. The van der Waals surface area contributed by atoms with Gasteiger partial charge < -0.3 is 15.6 Å². The van der Waals surface area contributed by atoms with E-state index in [0.29, 0.717) is 25.1 Å². The highest BCUT2D eigenvalue weighted by Gasteiger charge is 2.49. The van der Waals surface area contributed by atoms with Gasteiger partial charge in [-0.25, -0.2) is 4.98 Å². The molecule has 1 aliphatic carbocycles. The number of hydrogen-bond acceptors (Lipinski definition) is 5. The minimum absolute atomic E-state index is 0.338. The molecule has 6 heteroatoms. The molecule has 168 valence electrons. The Morgan fingerprint density at radius 3 is 2.44 bits per heavy atom. The molecule has 2 aliphatic rings. The summed E-state index contributed by atoms with van der Waals surface area (Å²) in [5.74, 6) is 1.50. The van der Waals surface area contributed by atoms with Crippen LogP contribution in [0.15, 0.2) is 72.8 Å². The van der Waals surface area contributed by atoms with Crippen molar-refractivity contribution in [3.8, 4) is 45.7 Å². The van der Waals surface area contributed by atoms with Crippen LogP contribution in [0.25, 0.3) is 33.9 Å². The molecule has 2 heterocycles. The number of imidazole rings is 1. The molecule has 1 aromatic heterocycles. The van der Waals surface area contributed by atoms with Gasteiger partial charge in [-0.15, -0.1) is 0 Å². The van der Waals surface area contributed by atoms with Gasteiger partial charge in [0.05, 0.1) is 34.2 Å². The SMILES string of the molecule is C[C@]1(O)C[C@@](N)(c2ccc(-c3nc4n(c3-c3ccccc3)COc3ccc(C#N)cc3-4)cc2)C1. The molecule has 4 aromatic rings. The monoisotopic (exact) mass is 448 g/mol. The van der Waals surface area contributed by atoms with E-state index in [1.54, 1.807) is 6.07 Å². The van der Waals surface area contributed by atoms with E-state index in [9.17, 15) is 10.4 Å². The van der Waals surface area contributed by atoms with Gasteiger partial charge in [-0.1, -0.05) is 54.6 Å². The topological polar surface area (TPSA) is 97.1 Å². The molecule has 1 aliphatic heterocycles. The average molecular weight is 449 g/mol. The first-order chi connectivity index (χ1) is 16.4. The van der Waals surface area contributed by atoms with Crippen LogP contribution in [0, 0.1) is 11.3 Å². The van der Waals surface area contributed by atoms with Crippen molar-refractivity contribution in [2.24, 2.45) is 5.73 Å². The molecule has 0 bridgehead atoms. The molecule has 0 spiro atoms. The maximum Gasteiger partial charge on any atom is 0.167 e. The summed E-state index contributed by atoms with van der Waals surface area (Å²) in [5.41, 5.74) is 11.5. The molecule has 1 saturated carbocycles. The second-order valence-electron chi connectivity index (χ2n) is 9.61. The first-order valence-corrected chi connectivity index (χ1v) is 11.3. The minimum atomic E-state index is -0.702. The molecule has 0 atom stereocenters. The predicted molar refractivity (Wildman–Crippen MR) is 130 cm³/mol. The van der Waals surface area contributed by atoms with E-state index in [1.807, 2.05) is 61.5 Å². The molecule has 0 saturated heterocycles. The maximum atomic E-state index is 10.2. The first kappa shape index (κ1) is 20.7. The van der Waals surface area contributed by atoms with Crippen molar-refractivity contribution in [2.45, 2.75) is 37.6 Å².